The highest BCUT2D eigenvalue weighted by Gasteiger charge is 2.18. The maximum Gasteiger partial charge on any atom is 0.211 e. The number of nitrogens with two attached hydrogens (primary N) is 1. The molecule has 10 heteroatoms. The van der Waals surface area contributed by atoms with Crippen molar-refractivity contribution in [3.05, 3.63) is 60.0 Å². The van der Waals surface area contributed by atoms with E-state index in [4.69, 9.17) is 15.9 Å². The number of benzene rings is 1. The lowest BCUT2D eigenvalue weighted by molar-refractivity contribution is -0.105. The molecule has 4 rings (SSSR count). The van der Waals surface area contributed by atoms with E-state index >= 15 is 0 Å². The highest BCUT2D eigenvalue weighted by Crippen LogP contribution is 2.26. The lowest BCUT2D eigenvalue weighted by Gasteiger charge is -2.27. The lowest BCUT2D eigenvalue weighted by atomic mass is 10.0. The molecule has 1 aliphatic heterocycles. The minimum Gasteiger partial charge on any atom is -0.383 e. The number of amides is 1. The Balaban J connectivity index is 1.57. The minimum absolute atomic E-state index is 0.167. The lowest BCUT2D eigenvalue weighted by Crippen LogP contribution is -2.36. The average molecular weight is 418 g/mol. The van der Waals surface area contributed by atoms with E-state index in [-0.39, 0.29) is 11.5 Å². The maximum atomic E-state index is 10.6. The molecule has 0 bridgehead atoms. The van der Waals surface area contributed by atoms with Crippen molar-refractivity contribution in [2.45, 2.75) is 0 Å². The Bertz CT molecular complexity index is 1060. The van der Waals surface area contributed by atoms with Gasteiger partial charge in [0.25, 0.3) is 0 Å². The first-order valence-electron chi connectivity index (χ1n) is 9.71. The van der Waals surface area contributed by atoms with Crippen LogP contribution in [0.2, 0.25) is 0 Å². The van der Waals surface area contributed by atoms with Gasteiger partial charge < -0.3 is 26.0 Å². The first-order valence-corrected chi connectivity index (χ1v) is 9.71. The zero-order chi connectivity index (χ0) is 21.6. The second-order valence-electron chi connectivity index (χ2n) is 6.83. The monoisotopic (exact) mass is 418 g/mol. The molecule has 158 valence electrons. The van der Waals surface area contributed by atoms with Gasteiger partial charge in [0.2, 0.25) is 6.41 Å². The van der Waals surface area contributed by atoms with Gasteiger partial charge in [-0.25, -0.2) is 15.0 Å². The number of carbonyl (C=O) groups is 1. The zero-order valence-electron chi connectivity index (χ0n) is 16.7. The molecule has 1 fully saturated rings. The van der Waals surface area contributed by atoms with Crippen molar-refractivity contribution in [2.75, 3.05) is 47.6 Å². The van der Waals surface area contributed by atoms with Crippen LogP contribution in [-0.2, 0) is 9.53 Å². The quantitative estimate of drug-likeness (QED) is 0.337. The van der Waals surface area contributed by atoms with Crippen LogP contribution in [-0.4, -0.2) is 53.4 Å². The number of hydrogen-bond acceptors (Lipinski definition) is 9. The number of nitrogen functional groups attached to an aromatic ring is 1. The highest BCUT2D eigenvalue weighted by molar-refractivity contribution is 6.16. The molecule has 1 aromatic carbocycles. The van der Waals surface area contributed by atoms with Crippen LogP contribution in [0.4, 0.5) is 28.8 Å². The fourth-order valence-electron chi connectivity index (χ4n) is 3.25. The Labute approximate surface area is 179 Å². The summed E-state index contributed by atoms with van der Waals surface area (Å²) in [7, 11) is 0. The van der Waals surface area contributed by atoms with Crippen LogP contribution in [0.1, 0.15) is 11.1 Å². The Morgan fingerprint density at radius 2 is 1.81 bits per heavy atom. The molecule has 0 radical (unpaired) electrons. The predicted molar refractivity (Wildman–Crippen MR) is 119 cm³/mol. The van der Waals surface area contributed by atoms with Gasteiger partial charge in [0, 0.05) is 36.2 Å². The van der Waals surface area contributed by atoms with Gasteiger partial charge in [-0.1, -0.05) is 0 Å². The third kappa shape index (κ3) is 4.59. The molecule has 0 unspecified atom stereocenters. The van der Waals surface area contributed by atoms with E-state index in [9.17, 15) is 4.79 Å². The summed E-state index contributed by atoms with van der Waals surface area (Å²) < 4.78 is 5.38. The van der Waals surface area contributed by atoms with Crippen LogP contribution in [0.3, 0.4) is 0 Å². The Kier molecular flexibility index (Phi) is 5.99. The number of aromatic nitrogens is 3. The van der Waals surface area contributed by atoms with Gasteiger partial charge in [0.05, 0.1) is 24.5 Å². The van der Waals surface area contributed by atoms with Gasteiger partial charge in [-0.05, 0) is 36.4 Å². The van der Waals surface area contributed by atoms with Crippen molar-refractivity contribution >= 4 is 41.0 Å². The first kappa shape index (κ1) is 20.2. The van der Waals surface area contributed by atoms with E-state index in [2.05, 4.69) is 30.5 Å². The maximum absolute atomic E-state index is 10.6. The van der Waals surface area contributed by atoms with Gasteiger partial charge in [0.15, 0.2) is 0 Å². The number of rotatable bonds is 7. The first-order chi connectivity index (χ1) is 15.2. The van der Waals surface area contributed by atoms with Crippen LogP contribution >= 0.6 is 0 Å². The number of pyridine rings is 1. The summed E-state index contributed by atoms with van der Waals surface area (Å²) in [5.41, 5.74) is 8.65. The molecule has 0 atom stereocenters. The molecule has 1 aliphatic rings. The van der Waals surface area contributed by atoms with Gasteiger partial charge >= 0.3 is 0 Å². The van der Waals surface area contributed by atoms with Crippen LogP contribution in [0.5, 0.6) is 0 Å². The molecule has 3 heterocycles. The molecule has 2 aromatic heterocycles. The molecule has 0 aliphatic carbocycles. The summed E-state index contributed by atoms with van der Waals surface area (Å²) in [6.07, 6.45) is 3.62. The van der Waals surface area contributed by atoms with E-state index in [1.165, 1.54) is 6.33 Å². The molecule has 3 aromatic rings. The Morgan fingerprint density at radius 3 is 2.48 bits per heavy atom. The molecular formula is C21H22N8O2. The van der Waals surface area contributed by atoms with Crippen LogP contribution in [0.15, 0.2) is 48.9 Å². The topological polar surface area (TPSA) is 142 Å². The molecule has 1 amide bonds. The molecule has 31 heavy (non-hydrogen) atoms. The molecule has 0 saturated carbocycles. The summed E-state index contributed by atoms with van der Waals surface area (Å²) in [5.74, 6) is 1.45. The summed E-state index contributed by atoms with van der Waals surface area (Å²) in [6, 6.07) is 10.8. The Hall–Kier alpha value is -4.05. The number of anilines is 5. The standard InChI is InChI=1S/C21H22N8O2/c22-19(14-1-6-17(24-11-14)29-7-9-31-10-8-29)18-20(23)25-12-26-21(18)28-16-4-2-15(3-5-16)27-13-30/h1-6,11-13,22H,7-10H2,(H,27,30)(H3,23,25,26,28). The van der Waals surface area contributed by atoms with Gasteiger partial charge in [-0.2, -0.15) is 0 Å². The van der Waals surface area contributed by atoms with Crippen LogP contribution < -0.4 is 21.3 Å². The van der Waals surface area contributed by atoms with E-state index in [0.717, 1.165) is 24.6 Å². The average Bonchev–Trinajstić information content (AvgIpc) is 2.81. The third-order valence-corrected chi connectivity index (χ3v) is 4.87. The third-order valence-electron chi connectivity index (χ3n) is 4.87. The van der Waals surface area contributed by atoms with E-state index in [1.54, 1.807) is 30.5 Å². The van der Waals surface area contributed by atoms with Gasteiger partial charge in [-0.15, -0.1) is 0 Å². The smallest absolute Gasteiger partial charge is 0.211 e. The van der Waals surface area contributed by atoms with Gasteiger partial charge in [0.1, 0.15) is 23.8 Å². The summed E-state index contributed by atoms with van der Waals surface area (Å²) in [6.45, 7) is 2.94. The van der Waals surface area contributed by atoms with E-state index in [1.807, 2.05) is 12.1 Å². The normalized spacial score (nSPS) is 13.5. The van der Waals surface area contributed by atoms with Gasteiger partial charge in [-0.3, -0.25) is 10.2 Å². The zero-order valence-corrected chi connectivity index (χ0v) is 16.7. The van der Waals surface area contributed by atoms with Crippen LogP contribution in [0.25, 0.3) is 0 Å². The number of hydrogen-bond donors (Lipinski definition) is 4. The SMILES string of the molecule is N=C(c1ccc(N2CCOCC2)nc1)c1c(N)ncnc1Nc1ccc(NC=O)cc1. The second kappa shape index (κ2) is 9.18. The van der Waals surface area contributed by atoms with Crippen molar-refractivity contribution < 1.29 is 9.53 Å². The number of ether oxygens (including phenoxy) is 1. The van der Waals surface area contributed by atoms with Crippen molar-refractivity contribution in [3.8, 4) is 0 Å². The summed E-state index contributed by atoms with van der Waals surface area (Å²) in [5, 5.41) is 14.4. The number of nitrogens with one attached hydrogen (secondary N) is 3. The number of carbonyl (C=O) groups excluding carboxylic acids is 1. The second-order valence-corrected chi connectivity index (χ2v) is 6.83. The van der Waals surface area contributed by atoms with Crippen LogP contribution in [0, 0.1) is 5.41 Å². The number of morpholine rings is 1. The molecule has 1 saturated heterocycles. The summed E-state index contributed by atoms with van der Waals surface area (Å²) >= 11 is 0. The van der Waals surface area contributed by atoms with Crippen molar-refractivity contribution in [2.24, 2.45) is 0 Å². The largest absolute Gasteiger partial charge is 0.383 e. The fourth-order valence-corrected chi connectivity index (χ4v) is 3.25. The molecule has 10 nitrogen and oxygen atoms in total. The molecule has 0 spiro atoms. The predicted octanol–water partition coefficient (Wildman–Crippen LogP) is 2.02. The van der Waals surface area contributed by atoms with E-state index in [0.29, 0.717) is 42.3 Å². The minimum atomic E-state index is 0.167. The van der Waals surface area contributed by atoms with Crippen molar-refractivity contribution in [1.82, 2.24) is 15.0 Å². The Morgan fingerprint density at radius 1 is 1.06 bits per heavy atom. The van der Waals surface area contributed by atoms with Crippen molar-refractivity contribution in [1.29, 1.82) is 5.41 Å². The van der Waals surface area contributed by atoms with E-state index < -0.39 is 0 Å². The molecular weight excluding hydrogens is 396 g/mol. The molecule has 5 N–H and O–H groups in total. The highest BCUT2D eigenvalue weighted by atomic mass is 16.5. The summed E-state index contributed by atoms with van der Waals surface area (Å²) in [4.78, 5) is 25.5. The number of nitrogens with zero attached hydrogens (tertiary/aromatic N) is 4. The van der Waals surface area contributed by atoms with Crippen molar-refractivity contribution in [3.63, 3.8) is 0 Å². The fraction of sp³-hybridized carbons (Fsp3) is 0.190.